The van der Waals surface area contributed by atoms with E-state index in [1.54, 1.807) is 12.1 Å². The highest BCUT2D eigenvalue weighted by Gasteiger charge is 2.38. The molecule has 0 fully saturated rings. The van der Waals surface area contributed by atoms with Crippen LogP contribution >= 0.6 is 15.9 Å². The van der Waals surface area contributed by atoms with E-state index in [4.69, 9.17) is 5.11 Å². The first-order chi connectivity index (χ1) is 6.92. The number of fused-ring (bicyclic) bond motifs is 1. The third kappa shape index (κ3) is 1.68. The van der Waals surface area contributed by atoms with Crippen molar-refractivity contribution in [3.63, 3.8) is 0 Å². The van der Waals surface area contributed by atoms with E-state index < -0.39 is 21.7 Å². The van der Waals surface area contributed by atoms with E-state index in [1.165, 1.54) is 6.07 Å². The molecule has 1 aliphatic heterocycles. The number of hydrogen-bond acceptors (Lipinski definition) is 3. The van der Waals surface area contributed by atoms with Gasteiger partial charge in [-0.25, -0.2) is 8.42 Å². The molecule has 1 unspecified atom stereocenters. The van der Waals surface area contributed by atoms with Gasteiger partial charge in [-0.3, -0.25) is 4.79 Å². The molecule has 1 aromatic rings. The van der Waals surface area contributed by atoms with Gasteiger partial charge in [-0.2, -0.15) is 0 Å². The monoisotopic (exact) mass is 290 g/mol. The molecule has 0 aliphatic carbocycles. The lowest BCUT2D eigenvalue weighted by molar-refractivity contribution is -0.138. The molecule has 2 rings (SSSR count). The Hall–Kier alpha value is -0.880. The molecule has 1 aliphatic rings. The van der Waals surface area contributed by atoms with Gasteiger partial charge in [-0.05, 0) is 23.8 Å². The first-order valence-corrected chi connectivity index (χ1v) is 6.61. The van der Waals surface area contributed by atoms with Gasteiger partial charge in [0, 0.05) is 4.47 Å². The summed E-state index contributed by atoms with van der Waals surface area (Å²) < 4.78 is 23.9. The maximum atomic E-state index is 11.6. The van der Waals surface area contributed by atoms with Crippen LogP contribution in [0.2, 0.25) is 0 Å². The van der Waals surface area contributed by atoms with E-state index in [0.717, 1.165) is 0 Å². The largest absolute Gasteiger partial charge is 0.481 e. The maximum Gasteiger partial charge on any atom is 0.312 e. The van der Waals surface area contributed by atoms with Crippen LogP contribution in [-0.2, 0) is 14.6 Å². The number of rotatable bonds is 1. The van der Waals surface area contributed by atoms with Gasteiger partial charge in [0.25, 0.3) is 0 Å². The zero-order valence-corrected chi connectivity index (χ0v) is 9.88. The molecule has 1 heterocycles. The van der Waals surface area contributed by atoms with Gasteiger partial charge in [0.1, 0.15) is 0 Å². The molecule has 0 aromatic heterocycles. The summed E-state index contributed by atoms with van der Waals surface area (Å²) in [5.41, 5.74) is 0.372. The van der Waals surface area contributed by atoms with Crippen molar-refractivity contribution in [2.75, 3.05) is 5.75 Å². The molecule has 0 radical (unpaired) electrons. The Labute approximate surface area is 95.0 Å². The molecule has 0 saturated heterocycles. The van der Waals surface area contributed by atoms with E-state index in [2.05, 4.69) is 15.9 Å². The summed E-state index contributed by atoms with van der Waals surface area (Å²) in [6.07, 6.45) is 0. The summed E-state index contributed by atoms with van der Waals surface area (Å²) in [4.78, 5) is 11.0. The second kappa shape index (κ2) is 3.31. The lowest BCUT2D eigenvalue weighted by Gasteiger charge is -2.03. The van der Waals surface area contributed by atoms with Crippen LogP contribution < -0.4 is 0 Å². The van der Waals surface area contributed by atoms with Crippen molar-refractivity contribution >= 4 is 31.7 Å². The number of benzene rings is 1. The van der Waals surface area contributed by atoms with Gasteiger partial charge in [-0.15, -0.1) is 0 Å². The summed E-state index contributed by atoms with van der Waals surface area (Å²) in [5.74, 6) is -2.38. The van der Waals surface area contributed by atoms with Crippen molar-refractivity contribution in [3.8, 4) is 0 Å². The van der Waals surface area contributed by atoms with E-state index in [0.29, 0.717) is 10.0 Å². The predicted molar refractivity (Wildman–Crippen MR) is 56.6 cm³/mol. The standard InChI is InChI=1S/C9H7BrO4S/c10-5-1-2-8-6(3-5)7(9(11)12)4-15(8,13)14/h1-3,7H,4H2,(H,11,12). The Kier molecular flexibility index (Phi) is 2.35. The van der Waals surface area contributed by atoms with Crippen molar-refractivity contribution in [2.24, 2.45) is 0 Å². The van der Waals surface area contributed by atoms with Crippen LogP contribution in [0.3, 0.4) is 0 Å². The van der Waals surface area contributed by atoms with Gasteiger partial charge in [0.2, 0.25) is 0 Å². The third-order valence-corrected chi connectivity index (χ3v) is 4.67. The lowest BCUT2D eigenvalue weighted by Crippen LogP contribution is -2.13. The highest BCUT2D eigenvalue weighted by molar-refractivity contribution is 9.10. The molecule has 80 valence electrons. The van der Waals surface area contributed by atoms with Gasteiger partial charge >= 0.3 is 5.97 Å². The van der Waals surface area contributed by atoms with Gasteiger partial charge < -0.3 is 5.11 Å². The fraction of sp³-hybridized carbons (Fsp3) is 0.222. The highest BCUT2D eigenvalue weighted by Crippen LogP contribution is 2.36. The van der Waals surface area contributed by atoms with Crippen molar-refractivity contribution in [3.05, 3.63) is 28.2 Å². The zero-order chi connectivity index (χ0) is 11.2. The van der Waals surface area contributed by atoms with Crippen LogP contribution in [0.25, 0.3) is 0 Å². The molecule has 15 heavy (non-hydrogen) atoms. The van der Waals surface area contributed by atoms with E-state index >= 15 is 0 Å². The van der Waals surface area contributed by atoms with E-state index in [-0.39, 0.29) is 10.6 Å². The topological polar surface area (TPSA) is 71.4 Å². The quantitative estimate of drug-likeness (QED) is 0.849. The predicted octanol–water partition coefficient (Wildman–Crippen LogP) is 1.40. The number of carboxylic acid groups (broad SMARTS) is 1. The van der Waals surface area contributed by atoms with Crippen LogP contribution in [0.15, 0.2) is 27.6 Å². The Balaban J connectivity index is 2.69. The fourth-order valence-corrected chi connectivity index (χ4v) is 3.83. The van der Waals surface area contributed by atoms with Crippen LogP contribution in [0.1, 0.15) is 11.5 Å². The molecule has 1 aromatic carbocycles. The van der Waals surface area contributed by atoms with Crippen molar-refractivity contribution in [1.29, 1.82) is 0 Å². The Morgan fingerprint density at radius 1 is 1.47 bits per heavy atom. The summed E-state index contributed by atoms with van der Waals surface area (Å²) in [6.45, 7) is 0. The van der Waals surface area contributed by atoms with Crippen LogP contribution in [0.5, 0.6) is 0 Å². The van der Waals surface area contributed by atoms with Crippen LogP contribution in [0, 0.1) is 0 Å². The molecule has 1 atom stereocenters. The number of hydrogen-bond donors (Lipinski definition) is 1. The molecule has 0 spiro atoms. The zero-order valence-electron chi connectivity index (χ0n) is 7.47. The molecular formula is C9H7BrO4S. The van der Waals surface area contributed by atoms with E-state index in [1.807, 2.05) is 0 Å². The Morgan fingerprint density at radius 3 is 2.73 bits per heavy atom. The molecular weight excluding hydrogens is 284 g/mol. The van der Waals surface area contributed by atoms with Crippen molar-refractivity contribution in [2.45, 2.75) is 10.8 Å². The number of sulfone groups is 1. The minimum absolute atomic E-state index is 0.137. The summed E-state index contributed by atoms with van der Waals surface area (Å²) in [7, 11) is -3.42. The van der Waals surface area contributed by atoms with Crippen LogP contribution in [0.4, 0.5) is 0 Å². The molecule has 0 saturated carbocycles. The normalized spacial score (nSPS) is 22.3. The molecule has 0 amide bonds. The van der Waals surface area contributed by atoms with Crippen LogP contribution in [-0.4, -0.2) is 25.2 Å². The number of halogens is 1. The van der Waals surface area contributed by atoms with Crippen molar-refractivity contribution in [1.82, 2.24) is 0 Å². The molecule has 1 N–H and O–H groups in total. The second-order valence-electron chi connectivity index (χ2n) is 3.35. The summed E-state index contributed by atoms with van der Waals surface area (Å²) in [6, 6.07) is 4.59. The minimum atomic E-state index is -3.42. The summed E-state index contributed by atoms with van der Waals surface area (Å²) >= 11 is 3.19. The third-order valence-electron chi connectivity index (χ3n) is 2.37. The minimum Gasteiger partial charge on any atom is -0.481 e. The Morgan fingerprint density at radius 2 is 2.13 bits per heavy atom. The van der Waals surface area contributed by atoms with Gasteiger partial charge in [-0.1, -0.05) is 15.9 Å². The van der Waals surface area contributed by atoms with Gasteiger partial charge in [0.05, 0.1) is 16.6 Å². The number of aliphatic carboxylic acids is 1. The average molecular weight is 291 g/mol. The average Bonchev–Trinajstić information content (AvgIpc) is 2.38. The number of carboxylic acids is 1. The van der Waals surface area contributed by atoms with Gasteiger partial charge in [0.15, 0.2) is 9.84 Å². The lowest BCUT2D eigenvalue weighted by atomic mass is 10.0. The SMILES string of the molecule is O=C(O)C1CS(=O)(=O)c2ccc(Br)cc21. The number of carbonyl (C=O) groups is 1. The van der Waals surface area contributed by atoms with Crippen molar-refractivity contribution < 1.29 is 18.3 Å². The fourth-order valence-electron chi connectivity index (χ4n) is 1.68. The first kappa shape index (κ1) is 10.6. The Bertz CT molecular complexity index is 535. The molecule has 6 heteroatoms. The highest BCUT2D eigenvalue weighted by atomic mass is 79.9. The smallest absolute Gasteiger partial charge is 0.312 e. The maximum absolute atomic E-state index is 11.6. The molecule has 0 bridgehead atoms. The molecule has 4 nitrogen and oxygen atoms in total. The summed E-state index contributed by atoms with van der Waals surface area (Å²) in [5, 5.41) is 8.90. The second-order valence-corrected chi connectivity index (χ2v) is 6.27. The first-order valence-electron chi connectivity index (χ1n) is 4.17. The van der Waals surface area contributed by atoms with E-state index in [9.17, 15) is 13.2 Å².